The average Bonchev–Trinajstić information content (AvgIpc) is 1.57. The summed E-state index contributed by atoms with van der Waals surface area (Å²) in [5, 5.41) is 0. The van der Waals surface area contributed by atoms with E-state index in [-0.39, 0.29) is 5.89 Å². The van der Waals surface area contributed by atoms with E-state index in [0.29, 0.717) is 17.3 Å². The summed E-state index contributed by atoms with van der Waals surface area (Å²) in [4.78, 5) is 0. The van der Waals surface area contributed by atoms with Crippen molar-refractivity contribution in [1.29, 1.82) is 0 Å². The molecule has 0 amide bonds. The molecule has 5 aromatic carbocycles. The van der Waals surface area contributed by atoms with E-state index in [0.717, 1.165) is 84.4 Å². The Labute approximate surface area is 590 Å². The van der Waals surface area contributed by atoms with Crippen molar-refractivity contribution >= 4 is 0 Å². The number of benzene rings is 5. The number of pyridine rings is 5. The Bertz CT molecular complexity index is 4920. The summed E-state index contributed by atoms with van der Waals surface area (Å²) < 4.78 is 37.4. The lowest BCUT2D eigenvalue weighted by Gasteiger charge is -2.41. The van der Waals surface area contributed by atoms with Crippen LogP contribution in [0.3, 0.4) is 0 Å². The predicted molar refractivity (Wildman–Crippen MR) is 399 cm³/mol. The van der Waals surface area contributed by atoms with E-state index in [4.69, 9.17) is 4.11 Å². The van der Waals surface area contributed by atoms with Gasteiger partial charge in [-0.2, -0.15) is 0 Å². The Morgan fingerprint density at radius 3 is 1.20 bits per heavy atom. The number of nitrogens with zero attached hydrogens (tertiary/aromatic N) is 5. The quantitative estimate of drug-likeness (QED) is 0.153. The van der Waals surface area contributed by atoms with Gasteiger partial charge in [0, 0.05) is 95.5 Å². The van der Waals surface area contributed by atoms with E-state index in [1.165, 1.54) is 141 Å². The zero-order valence-corrected chi connectivity index (χ0v) is 60.9. The molecule has 0 spiro atoms. The van der Waals surface area contributed by atoms with E-state index >= 15 is 0 Å². The van der Waals surface area contributed by atoms with Gasteiger partial charge in [0.25, 0.3) is 0 Å². The van der Waals surface area contributed by atoms with Gasteiger partial charge in [-0.1, -0.05) is 112 Å². The third-order valence-electron chi connectivity index (χ3n) is 26.3. The standard InChI is InChI=1S/C21H26N.4C18H20N/c1-14-8-6-7-9-15(14)19-12-16-17-10-11-21(4,20(17,2)3)18(16)13-22(19)5;2*1-12-5-3-4-6-16(12)18-10-17-14-7-13(8-14)9-15(17)11-19(18)2;2*1-12-5-3-4-6-15(12)18-10-16-13-7-8-14(9-13)17(16)11-19(18)2/h6-9,12-13,17H,10-11H2,1-5H3;4*3-6,10-11,13-14H,7-9H2,1-2H3/q5*+1/i;14D;;13D,14D;. The lowest BCUT2D eigenvalue weighted by molar-refractivity contribution is -0.661. The molecule has 0 radical (unpaired) electrons. The Morgan fingerprint density at radius 1 is 0.337 bits per heavy atom. The van der Waals surface area contributed by atoms with E-state index in [1.807, 2.05) is 7.05 Å². The van der Waals surface area contributed by atoms with E-state index in [2.05, 4.69) is 289 Å². The van der Waals surface area contributed by atoms with Crippen molar-refractivity contribution in [3.8, 4) is 56.3 Å². The molecule has 10 aromatic rings. The number of hydrogen-bond donors (Lipinski definition) is 0. The first kappa shape index (κ1) is 61.0. The van der Waals surface area contributed by atoms with E-state index in [1.54, 1.807) is 33.4 Å². The molecule has 5 saturated carbocycles. The highest BCUT2D eigenvalue weighted by Gasteiger charge is 2.60. The monoisotopic (exact) mass is 1300 g/mol. The molecule has 98 heavy (non-hydrogen) atoms. The summed E-state index contributed by atoms with van der Waals surface area (Å²) in [6, 6.07) is 54.9. The van der Waals surface area contributed by atoms with Gasteiger partial charge in [-0.25, -0.2) is 22.8 Å². The van der Waals surface area contributed by atoms with Crippen molar-refractivity contribution in [3.05, 3.63) is 266 Å². The van der Waals surface area contributed by atoms with Crippen molar-refractivity contribution in [2.24, 2.45) is 52.5 Å². The minimum Gasteiger partial charge on any atom is -0.201 e. The van der Waals surface area contributed by atoms with Gasteiger partial charge in [-0.3, -0.25) is 0 Å². The van der Waals surface area contributed by atoms with Crippen LogP contribution in [0, 0.1) is 51.9 Å². The molecule has 0 aliphatic heterocycles. The van der Waals surface area contributed by atoms with Crippen LogP contribution in [0.25, 0.3) is 56.3 Å². The number of aryl methyl sites for hydroxylation is 10. The molecular formula is C93H106N5+5. The zero-order valence-electron chi connectivity index (χ0n) is 63.9. The zero-order chi connectivity index (χ0) is 70.4. The van der Waals surface area contributed by atoms with Crippen LogP contribution in [0.2, 0.25) is 0 Å². The van der Waals surface area contributed by atoms with Crippen LogP contribution >= 0.6 is 0 Å². The third kappa shape index (κ3) is 11.1. The van der Waals surface area contributed by atoms with Crippen molar-refractivity contribution in [2.45, 2.75) is 192 Å². The molecule has 498 valence electrons. The number of fused-ring (bicyclic) bond motifs is 15. The smallest absolute Gasteiger partial charge is 0.201 e. The first-order valence-electron chi connectivity index (χ1n) is 38.8. The molecule has 5 aromatic heterocycles. The van der Waals surface area contributed by atoms with Gasteiger partial charge >= 0.3 is 0 Å². The fourth-order valence-electron chi connectivity index (χ4n) is 20.2. The summed E-state index contributed by atoms with van der Waals surface area (Å²) in [5.74, 6) is 3.60. The molecular weight excluding hydrogens is 1190 g/mol. The molecule has 5 fully saturated rings. The molecule has 12 aliphatic carbocycles. The van der Waals surface area contributed by atoms with Crippen molar-refractivity contribution in [3.63, 3.8) is 0 Å². The second kappa shape index (κ2) is 25.2. The fraction of sp³-hybridized carbons (Fsp3) is 0.409. The van der Waals surface area contributed by atoms with Gasteiger partial charge in [0.2, 0.25) is 28.5 Å². The molecule has 0 N–H and O–H groups in total. The highest BCUT2D eigenvalue weighted by atomic mass is 15.0. The summed E-state index contributed by atoms with van der Waals surface area (Å²) in [6.45, 7) is 18.3. The maximum Gasteiger partial charge on any atom is 0.212 e. The van der Waals surface area contributed by atoms with Crippen LogP contribution in [-0.4, -0.2) is 0 Å². The van der Waals surface area contributed by atoms with Gasteiger partial charge in [-0.15, -0.1) is 0 Å². The Morgan fingerprint density at radius 2 is 0.714 bits per heavy atom. The number of hydrogen-bond acceptors (Lipinski definition) is 0. The highest BCUT2D eigenvalue weighted by molar-refractivity contribution is 5.67. The second-order valence-electron chi connectivity index (χ2n) is 32.5. The van der Waals surface area contributed by atoms with E-state index < -0.39 is 11.8 Å². The SMILES string of the molecule is Cc1ccccc1-c1cc2c(c[n+]1C)C1(C)CCC2C1(C)C.Cc1ccccc1-c1cc2c(c[n+]1C)C1CCC2C1.Cc1ccccc1-c1cc2c(c[n+]1C)CC1CC2C1.[2H]C12CC(Cc3c[n+](C)c(-c4ccccc4C)cc31)C2.[2H]C12CCC([2H])(C1)c1c[n+](C)c(-c3ccccc3C)cc12. The topological polar surface area (TPSA) is 19.4 Å². The van der Waals surface area contributed by atoms with Crippen LogP contribution in [0.5, 0.6) is 0 Å². The van der Waals surface area contributed by atoms with Gasteiger partial charge in [-0.05, 0) is 269 Å². The average molecular weight is 1300 g/mol. The number of aromatic nitrogens is 5. The first-order chi connectivity index (χ1) is 48.3. The maximum atomic E-state index is 8.73. The van der Waals surface area contributed by atoms with E-state index in [9.17, 15) is 0 Å². The lowest BCUT2D eigenvalue weighted by atomic mass is 9.63. The lowest BCUT2D eigenvalue weighted by Crippen LogP contribution is -2.37. The van der Waals surface area contributed by atoms with Gasteiger partial charge in [0.1, 0.15) is 35.2 Å². The van der Waals surface area contributed by atoms with Gasteiger partial charge < -0.3 is 0 Å². The maximum absolute atomic E-state index is 8.73. The summed E-state index contributed by atoms with van der Waals surface area (Å²) in [5.41, 5.74) is 34.9. The minimum absolute atomic E-state index is 0.302. The largest absolute Gasteiger partial charge is 0.212 e. The Kier molecular flexibility index (Phi) is 15.7. The molecule has 22 rings (SSSR count). The molecule has 0 saturated heterocycles. The normalized spacial score (nSPS) is 27.3. The predicted octanol–water partition coefficient (Wildman–Crippen LogP) is 19.4. The van der Waals surface area contributed by atoms with Crippen LogP contribution in [0.1, 0.15) is 227 Å². The second-order valence-corrected chi connectivity index (χ2v) is 32.5. The van der Waals surface area contributed by atoms with Crippen LogP contribution in [0.15, 0.2) is 183 Å². The van der Waals surface area contributed by atoms with Crippen LogP contribution in [-0.2, 0) is 53.5 Å². The van der Waals surface area contributed by atoms with Gasteiger partial charge in [0.15, 0.2) is 31.0 Å². The summed E-state index contributed by atoms with van der Waals surface area (Å²) >= 11 is 0. The number of rotatable bonds is 5. The molecule has 12 aliphatic rings. The Hall–Kier alpha value is -8.15. The van der Waals surface area contributed by atoms with Crippen molar-refractivity contribution < 1.29 is 26.9 Å². The Balaban J connectivity index is 0.0000000981. The highest BCUT2D eigenvalue weighted by Crippen LogP contribution is 2.68. The fourth-order valence-corrected chi connectivity index (χ4v) is 20.2. The van der Waals surface area contributed by atoms with Crippen molar-refractivity contribution in [2.75, 3.05) is 0 Å². The van der Waals surface area contributed by atoms with Crippen LogP contribution in [0.4, 0.5) is 0 Å². The minimum atomic E-state index is -0.539. The molecule has 5 nitrogen and oxygen atoms in total. The molecule has 6 unspecified atom stereocenters. The summed E-state index contributed by atoms with van der Waals surface area (Å²) in [6.07, 6.45) is 28.1. The molecule has 5 heteroatoms. The summed E-state index contributed by atoms with van der Waals surface area (Å²) in [7, 11) is 10.7. The first-order valence-corrected chi connectivity index (χ1v) is 37.3. The van der Waals surface area contributed by atoms with Crippen LogP contribution < -0.4 is 22.8 Å². The van der Waals surface area contributed by atoms with Gasteiger partial charge in [0.05, 0.1) is 0 Å². The molecule has 5 heterocycles. The molecule has 6 atom stereocenters. The van der Waals surface area contributed by atoms with Crippen molar-refractivity contribution in [1.82, 2.24) is 0 Å². The third-order valence-corrected chi connectivity index (χ3v) is 26.3. The molecule has 10 bridgehead atoms.